The van der Waals surface area contributed by atoms with Gasteiger partial charge in [0.2, 0.25) is 0 Å². The molecule has 16 heavy (non-hydrogen) atoms. The first-order valence-corrected chi connectivity index (χ1v) is 6.42. The highest BCUT2D eigenvalue weighted by Crippen LogP contribution is 2.34. The molecule has 3 rings (SSSR count). The van der Waals surface area contributed by atoms with Crippen molar-refractivity contribution in [2.24, 2.45) is 0 Å². The van der Waals surface area contributed by atoms with E-state index in [9.17, 15) is 0 Å². The Hall–Kier alpha value is -1.29. The SMILES string of the molecule is CNc1nc2cc3c(cc2s1)CCCN3C. The molecule has 0 saturated carbocycles. The van der Waals surface area contributed by atoms with Gasteiger partial charge in [0.1, 0.15) is 0 Å². The van der Waals surface area contributed by atoms with Crippen LogP contribution in [0.2, 0.25) is 0 Å². The summed E-state index contributed by atoms with van der Waals surface area (Å²) in [5, 5.41) is 4.11. The number of thiazole rings is 1. The number of hydrogen-bond acceptors (Lipinski definition) is 4. The molecule has 0 bridgehead atoms. The molecule has 1 aliphatic rings. The molecule has 2 aromatic rings. The van der Waals surface area contributed by atoms with Crippen LogP contribution in [0.3, 0.4) is 0 Å². The molecule has 0 unspecified atom stereocenters. The van der Waals surface area contributed by atoms with Gasteiger partial charge in [-0.25, -0.2) is 4.98 Å². The summed E-state index contributed by atoms with van der Waals surface area (Å²) in [6.07, 6.45) is 2.45. The highest BCUT2D eigenvalue weighted by atomic mass is 32.1. The Morgan fingerprint density at radius 3 is 3.12 bits per heavy atom. The molecule has 3 nitrogen and oxygen atoms in total. The molecule has 2 heterocycles. The summed E-state index contributed by atoms with van der Waals surface area (Å²) in [5.74, 6) is 0. The molecule has 0 amide bonds. The lowest BCUT2D eigenvalue weighted by Gasteiger charge is -2.27. The van der Waals surface area contributed by atoms with Gasteiger partial charge in [0, 0.05) is 26.3 Å². The second-order valence-electron chi connectivity index (χ2n) is 4.24. The second kappa shape index (κ2) is 3.63. The van der Waals surface area contributed by atoms with Crippen LogP contribution in [0.4, 0.5) is 10.8 Å². The first-order chi connectivity index (χ1) is 7.78. The first kappa shape index (κ1) is 9.90. The minimum Gasteiger partial charge on any atom is -0.374 e. The summed E-state index contributed by atoms with van der Waals surface area (Å²) in [4.78, 5) is 6.88. The third kappa shape index (κ3) is 1.45. The normalized spacial score (nSPS) is 15.2. The van der Waals surface area contributed by atoms with E-state index in [4.69, 9.17) is 0 Å². The van der Waals surface area contributed by atoms with Crippen molar-refractivity contribution in [3.8, 4) is 0 Å². The van der Waals surface area contributed by atoms with E-state index in [1.807, 2.05) is 7.05 Å². The van der Waals surface area contributed by atoms with Gasteiger partial charge >= 0.3 is 0 Å². The molecule has 1 aromatic heterocycles. The third-order valence-corrected chi connectivity index (χ3v) is 4.19. The van der Waals surface area contributed by atoms with Crippen molar-refractivity contribution < 1.29 is 0 Å². The van der Waals surface area contributed by atoms with Crippen LogP contribution in [0.1, 0.15) is 12.0 Å². The van der Waals surface area contributed by atoms with Gasteiger partial charge in [0.25, 0.3) is 0 Å². The van der Waals surface area contributed by atoms with Crippen LogP contribution in [0, 0.1) is 0 Å². The van der Waals surface area contributed by atoms with Crippen molar-refractivity contribution in [3.05, 3.63) is 17.7 Å². The molecule has 1 aromatic carbocycles. The Kier molecular flexibility index (Phi) is 2.24. The van der Waals surface area contributed by atoms with E-state index in [-0.39, 0.29) is 0 Å². The lowest BCUT2D eigenvalue weighted by molar-refractivity contribution is 0.746. The van der Waals surface area contributed by atoms with E-state index in [0.29, 0.717) is 0 Å². The zero-order valence-electron chi connectivity index (χ0n) is 9.58. The fourth-order valence-electron chi connectivity index (χ4n) is 2.29. The maximum absolute atomic E-state index is 4.55. The predicted molar refractivity (Wildman–Crippen MR) is 70.8 cm³/mol. The van der Waals surface area contributed by atoms with Crippen molar-refractivity contribution in [2.75, 3.05) is 30.9 Å². The summed E-state index contributed by atoms with van der Waals surface area (Å²) in [5.41, 5.74) is 3.93. The Balaban J connectivity index is 2.20. The van der Waals surface area contributed by atoms with E-state index in [2.05, 4.69) is 34.4 Å². The van der Waals surface area contributed by atoms with Crippen LogP contribution >= 0.6 is 11.3 Å². The van der Waals surface area contributed by atoms with Crippen molar-refractivity contribution >= 4 is 32.4 Å². The van der Waals surface area contributed by atoms with Crippen molar-refractivity contribution in [1.29, 1.82) is 0 Å². The van der Waals surface area contributed by atoms with Crippen molar-refractivity contribution in [1.82, 2.24) is 4.98 Å². The highest BCUT2D eigenvalue weighted by molar-refractivity contribution is 7.22. The van der Waals surface area contributed by atoms with Gasteiger partial charge in [-0.1, -0.05) is 11.3 Å². The third-order valence-electron chi connectivity index (χ3n) is 3.15. The lowest BCUT2D eigenvalue weighted by atomic mass is 10.0. The maximum atomic E-state index is 4.55. The highest BCUT2D eigenvalue weighted by Gasteiger charge is 2.15. The van der Waals surface area contributed by atoms with E-state index >= 15 is 0 Å². The monoisotopic (exact) mass is 233 g/mol. The van der Waals surface area contributed by atoms with E-state index in [1.54, 1.807) is 11.3 Å². The molecule has 1 N–H and O–H groups in total. The van der Waals surface area contributed by atoms with Gasteiger partial charge in [-0.3, -0.25) is 0 Å². The number of nitrogens with zero attached hydrogens (tertiary/aromatic N) is 2. The van der Waals surface area contributed by atoms with Crippen molar-refractivity contribution in [2.45, 2.75) is 12.8 Å². The maximum Gasteiger partial charge on any atom is 0.183 e. The topological polar surface area (TPSA) is 28.2 Å². The standard InChI is InChI=1S/C12H15N3S/c1-13-12-14-9-7-10-8(6-11(9)16-12)4-3-5-15(10)2/h6-7H,3-5H2,1-2H3,(H,13,14). The van der Waals surface area contributed by atoms with Gasteiger partial charge in [0.05, 0.1) is 10.2 Å². The van der Waals surface area contributed by atoms with Crippen LogP contribution in [-0.4, -0.2) is 25.6 Å². The molecule has 0 atom stereocenters. The molecule has 4 heteroatoms. The van der Waals surface area contributed by atoms with Crippen molar-refractivity contribution in [3.63, 3.8) is 0 Å². The fourth-order valence-corrected chi connectivity index (χ4v) is 3.16. The van der Waals surface area contributed by atoms with Crippen LogP contribution in [0.5, 0.6) is 0 Å². The molecule has 1 aliphatic heterocycles. The lowest BCUT2D eigenvalue weighted by Crippen LogP contribution is -2.24. The Bertz CT molecular complexity index is 532. The molecule has 0 aliphatic carbocycles. The molecule has 0 radical (unpaired) electrons. The molecular formula is C12H15N3S. The van der Waals surface area contributed by atoms with Crippen LogP contribution in [-0.2, 0) is 6.42 Å². The minimum absolute atomic E-state index is 1.00. The molecule has 84 valence electrons. The predicted octanol–water partition coefficient (Wildman–Crippen LogP) is 2.72. The number of aromatic nitrogens is 1. The molecule has 0 spiro atoms. The zero-order chi connectivity index (χ0) is 11.1. The summed E-state index contributed by atoms with van der Waals surface area (Å²) in [6, 6.07) is 4.53. The number of hydrogen-bond donors (Lipinski definition) is 1. The average molecular weight is 233 g/mol. The largest absolute Gasteiger partial charge is 0.374 e. The smallest absolute Gasteiger partial charge is 0.183 e. The number of rotatable bonds is 1. The number of fused-ring (bicyclic) bond motifs is 2. The van der Waals surface area contributed by atoms with Crippen LogP contribution < -0.4 is 10.2 Å². The first-order valence-electron chi connectivity index (χ1n) is 5.60. The molecule has 0 fully saturated rings. The number of anilines is 2. The van der Waals surface area contributed by atoms with E-state index in [0.717, 1.165) is 17.2 Å². The summed E-state index contributed by atoms with van der Waals surface area (Å²) >= 11 is 1.73. The molecular weight excluding hydrogens is 218 g/mol. The number of benzene rings is 1. The average Bonchev–Trinajstić information content (AvgIpc) is 2.69. The summed E-state index contributed by atoms with van der Waals surface area (Å²) in [6.45, 7) is 1.15. The fraction of sp³-hybridized carbons (Fsp3) is 0.417. The Morgan fingerprint density at radius 1 is 1.44 bits per heavy atom. The van der Waals surface area contributed by atoms with Gasteiger partial charge in [0.15, 0.2) is 5.13 Å². The Morgan fingerprint density at radius 2 is 2.31 bits per heavy atom. The van der Waals surface area contributed by atoms with Gasteiger partial charge in [-0.15, -0.1) is 0 Å². The Labute approximate surface area is 99.1 Å². The minimum atomic E-state index is 1.00. The van der Waals surface area contributed by atoms with Crippen LogP contribution in [0.15, 0.2) is 12.1 Å². The van der Waals surface area contributed by atoms with Gasteiger partial charge < -0.3 is 10.2 Å². The van der Waals surface area contributed by atoms with E-state index < -0.39 is 0 Å². The quantitative estimate of drug-likeness (QED) is 0.821. The zero-order valence-corrected chi connectivity index (χ0v) is 10.4. The van der Waals surface area contributed by atoms with E-state index in [1.165, 1.54) is 28.8 Å². The summed E-state index contributed by atoms with van der Waals surface area (Å²) < 4.78 is 1.29. The van der Waals surface area contributed by atoms with Gasteiger partial charge in [-0.2, -0.15) is 0 Å². The molecule has 0 saturated heterocycles. The number of aryl methyl sites for hydroxylation is 1. The summed E-state index contributed by atoms with van der Waals surface area (Å²) in [7, 11) is 4.08. The van der Waals surface area contributed by atoms with Gasteiger partial charge in [-0.05, 0) is 30.5 Å². The van der Waals surface area contributed by atoms with Crippen LogP contribution in [0.25, 0.3) is 10.2 Å². The second-order valence-corrected chi connectivity index (χ2v) is 5.27. The number of nitrogens with one attached hydrogen (secondary N) is 1.